The molecule has 0 saturated carbocycles. The van der Waals surface area contributed by atoms with Gasteiger partial charge in [-0.3, -0.25) is 4.79 Å². The van der Waals surface area contributed by atoms with Gasteiger partial charge < -0.3 is 15.0 Å². The van der Waals surface area contributed by atoms with Crippen LogP contribution in [-0.2, 0) is 11.3 Å². The molecule has 1 aliphatic heterocycles. The highest BCUT2D eigenvalue weighted by atomic mass is 16.5. The molecule has 5 nitrogen and oxygen atoms in total. The highest BCUT2D eigenvalue weighted by molar-refractivity contribution is 5.99. The van der Waals surface area contributed by atoms with Gasteiger partial charge in [0.15, 0.2) is 6.10 Å². The maximum absolute atomic E-state index is 12.5. The lowest BCUT2D eigenvalue weighted by molar-refractivity contribution is -0.125. The fourth-order valence-corrected chi connectivity index (χ4v) is 2.48. The van der Waals surface area contributed by atoms with Crippen molar-refractivity contribution in [3.8, 4) is 5.75 Å². The molecule has 0 saturated heterocycles. The molecule has 108 valence electrons. The molecule has 0 bridgehead atoms. The van der Waals surface area contributed by atoms with E-state index in [9.17, 15) is 4.79 Å². The first-order valence-electron chi connectivity index (χ1n) is 6.89. The van der Waals surface area contributed by atoms with Gasteiger partial charge in [-0.15, -0.1) is 0 Å². The zero-order valence-electron chi connectivity index (χ0n) is 12.0. The van der Waals surface area contributed by atoms with Crippen LogP contribution in [0.4, 0.5) is 11.5 Å². The lowest BCUT2D eigenvalue weighted by Gasteiger charge is -2.33. The molecule has 2 heterocycles. The molecule has 3 rings (SSSR count). The topological polar surface area (TPSA) is 54.5 Å². The van der Waals surface area contributed by atoms with Crippen molar-refractivity contribution in [1.29, 1.82) is 0 Å². The molecular weight excluding hydrogens is 266 g/mol. The number of para-hydroxylation sites is 2. The van der Waals surface area contributed by atoms with E-state index >= 15 is 0 Å². The number of anilines is 2. The highest BCUT2D eigenvalue weighted by Gasteiger charge is 2.31. The number of aromatic nitrogens is 1. The van der Waals surface area contributed by atoms with Crippen molar-refractivity contribution >= 4 is 17.4 Å². The number of amides is 1. The van der Waals surface area contributed by atoms with Gasteiger partial charge in [0.1, 0.15) is 11.6 Å². The molecule has 2 aromatic rings. The highest BCUT2D eigenvalue weighted by Crippen LogP contribution is 2.35. The van der Waals surface area contributed by atoms with E-state index in [1.54, 1.807) is 18.0 Å². The van der Waals surface area contributed by atoms with Gasteiger partial charge in [-0.2, -0.15) is 0 Å². The predicted octanol–water partition coefficient (Wildman–Crippen LogP) is 2.44. The third-order valence-electron chi connectivity index (χ3n) is 3.53. The molecular formula is C16H17N3O2. The molecule has 1 aliphatic rings. The van der Waals surface area contributed by atoms with Crippen molar-refractivity contribution < 1.29 is 9.53 Å². The molecule has 0 spiro atoms. The summed E-state index contributed by atoms with van der Waals surface area (Å²) in [6.45, 7) is 2.24. The Bertz CT molecular complexity index is 672. The number of pyridine rings is 1. The van der Waals surface area contributed by atoms with E-state index in [1.807, 2.05) is 43.4 Å². The van der Waals surface area contributed by atoms with E-state index in [1.165, 1.54) is 0 Å². The minimum atomic E-state index is -0.477. The molecule has 0 aliphatic carbocycles. The number of fused-ring (bicyclic) bond motifs is 1. The largest absolute Gasteiger partial charge is 0.479 e. The van der Waals surface area contributed by atoms with E-state index in [2.05, 4.69) is 10.3 Å². The monoisotopic (exact) mass is 283 g/mol. The third kappa shape index (κ3) is 2.42. The predicted molar refractivity (Wildman–Crippen MR) is 81.5 cm³/mol. The summed E-state index contributed by atoms with van der Waals surface area (Å²) in [7, 11) is 1.82. The smallest absolute Gasteiger partial charge is 0.268 e. The quantitative estimate of drug-likeness (QED) is 0.940. The summed E-state index contributed by atoms with van der Waals surface area (Å²) in [5.41, 5.74) is 1.77. The molecule has 1 amide bonds. The van der Waals surface area contributed by atoms with E-state index in [-0.39, 0.29) is 5.91 Å². The Hall–Kier alpha value is -2.56. The summed E-state index contributed by atoms with van der Waals surface area (Å²) < 4.78 is 5.65. The van der Waals surface area contributed by atoms with Crippen LogP contribution >= 0.6 is 0 Å². The summed E-state index contributed by atoms with van der Waals surface area (Å²) >= 11 is 0. The van der Waals surface area contributed by atoms with Crippen molar-refractivity contribution in [2.75, 3.05) is 17.3 Å². The number of hydrogen-bond acceptors (Lipinski definition) is 4. The van der Waals surface area contributed by atoms with Gasteiger partial charge in [0.05, 0.1) is 12.2 Å². The number of nitrogens with one attached hydrogen (secondary N) is 1. The fourth-order valence-electron chi connectivity index (χ4n) is 2.48. The zero-order valence-corrected chi connectivity index (χ0v) is 12.0. The molecule has 21 heavy (non-hydrogen) atoms. The number of carbonyl (C=O) groups is 1. The van der Waals surface area contributed by atoms with E-state index < -0.39 is 6.10 Å². The number of ether oxygens (including phenoxy) is 1. The van der Waals surface area contributed by atoms with Crippen molar-refractivity contribution in [1.82, 2.24) is 4.98 Å². The number of nitrogens with zero attached hydrogens (tertiary/aromatic N) is 2. The Balaban J connectivity index is 1.99. The van der Waals surface area contributed by atoms with Crippen LogP contribution in [0, 0.1) is 0 Å². The van der Waals surface area contributed by atoms with Crippen LogP contribution in [0.1, 0.15) is 12.5 Å². The summed E-state index contributed by atoms with van der Waals surface area (Å²) in [4.78, 5) is 18.5. The normalized spacial score (nSPS) is 17.1. The van der Waals surface area contributed by atoms with Crippen molar-refractivity contribution in [2.45, 2.75) is 19.6 Å². The first kappa shape index (κ1) is 13.4. The second-order valence-electron chi connectivity index (χ2n) is 4.91. The Morgan fingerprint density at radius 3 is 2.90 bits per heavy atom. The van der Waals surface area contributed by atoms with Crippen LogP contribution in [0.2, 0.25) is 0 Å². The summed E-state index contributed by atoms with van der Waals surface area (Å²) in [5, 5.41) is 3.05. The van der Waals surface area contributed by atoms with E-state index in [4.69, 9.17) is 4.74 Å². The molecule has 1 N–H and O–H groups in total. The maximum Gasteiger partial charge on any atom is 0.268 e. The summed E-state index contributed by atoms with van der Waals surface area (Å²) in [6, 6.07) is 11.4. The first-order chi connectivity index (χ1) is 10.2. The SMILES string of the molecule is CNc1ncccc1CN1C(=O)C(C)Oc2ccccc21. The average molecular weight is 283 g/mol. The Morgan fingerprint density at radius 1 is 1.29 bits per heavy atom. The van der Waals surface area contributed by atoms with Crippen molar-refractivity contribution in [3.05, 3.63) is 48.2 Å². The van der Waals surface area contributed by atoms with Gasteiger partial charge in [-0.1, -0.05) is 18.2 Å². The van der Waals surface area contributed by atoms with Gasteiger partial charge in [0.25, 0.3) is 5.91 Å². The molecule has 0 fully saturated rings. The van der Waals surface area contributed by atoms with Crippen LogP contribution < -0.4 is 15.0 Å². The minimum absolute atomic E-state index is 0.0420. The van der Waals surface area contributed by atoms with Gasteiger partial charge in [0.2, 0.25) is 0 Å². The van der Waals surface area contributed by atoms with E-state index in [0.29, 0.717) is 6.54 Å². The van der Waals surface area contributed by atoms with Gasteiger partial charge >= 0.3 is 0 Å². The lowest BCUT2D eigenvalue weighted by atomic mass is 10.1. The molecule has 1 aromatic carbocycles. The maximum atomic E-state index is 12.5. The summed E-state index contributed by atoms with van der Waals surface area (Å²) in [6.07, 6.45) is 1.25. The number of carbonyl (C=O) groups excluding carboxylic acids is 1. The second kappa shape index (κ2) is 5.44. The van der Waals surface area contributed by atoms with Gasteiger partial charge in [-0.05, 0) is 25.1 Å². The average Bonchev–Trinajstić information content (AvgIpc) is 2.52. The Labute approximate surface area is 123 Å². The van der Waals surface area contributed by atoms with Crippen LogP contribution in [0.5, 0.6) is 5.75 Å². The minimum Gasteiger partial charge on any atom is -0.479 e. The van der Waals surface area contributed by atoms with E-state index in [0.717, 1.165) is 22.8 Å². The van der Waals surface area contributed by atoms with Crippen molar-refractivity contribution in [2.24, 2.45) is 0 Å². The molecule has 0 radical (unpaired) electrons. The molecule has 1 atom stereocenters. The van der Waals surface area contributed by atoms with Crippen LogP contribution in [0.25, 0.3) is 0 Å². The first-order valence-corrected chi connectivity index (χ1v) is 6.89. The van der Waals surface area contributed by atoms with Crippen LogP contribution in [-0.4, -0.2) is 24.0 Å². The lowest BCUT2D eigenvalue weighted by Crippen LogP contribution is -2.44. The molecule has 1 unspecified atom stereocenters. The van der Waals surface area contributed by atoms with Crippen LogP contribution in [0.15, 0.2) is 42.6 Å². The number of rotatable bonds is 3. The second-order valence-corrected chi connectivity index (χ2v) is 4.91. The summed E-state index contributed by atoms with van der Waals surface area (Å²) in [5.74, 6) is 1.47. The van der Waals surface area contributed by atoms with Gasteiger partial charge in [0, 0.05) is 18.8 Å². The van der Waals surface area contributed by atoms with Crippen LogP contribution in [0.3, 0.4) is 0 Å². The van der Waals surface area contributed by atoms with Gasteiger partial charge in [-0.25, -0.2) is 4.98 Å². The Morgan fingerprint density at radius 2 is 2.10 bits per heavy atom. The number of hydrogen-bond donors (Lipinski definition) is 1. The van der Waals surface area contributed by atoms with Crippen molar-refractivity contribution in [3.63, 3.8) is 0 Å². The molecule has 1 aromatic heterocycles. The zero-order chi connectivity index (χ0) is 14.8. The third-order valence-corrected chi connectivity index (χ3v) is 3.53. The fraction of sp³-hybridized carbons (Fsp3) is 0.250. The Kier molecular flexibility index (Phi) is 3.48. The number of benzene rings is 1. The molecule has 5 heteroatoms. The standard InChI is InChI=1S/C16H17N3O2/c1-11-16(20)19(13-7-3-4-8-14(13)21-11)10-12-6-5-9-18-15(12)17-2/h3-9,11H,10H2,1-2H3,(H,17,18).